The van der Waals surface area contributed by atoms with Gasteiger partial charge in [-0.15, -0.1) is 0 Å². The van der Waals surface area contributed by atoms with Gasteiger partial charge in [-0.2, -0.15) is 4.98 Å². The maximum atomic E-state index is 12.0. The van der Waals surface area contributed by atoms with E-state index in [9.17, 15) is 4.79 Å². The summed E-state index contributed by atoms with van der Waals surface area (Å²) in [5, 5.41) is 6.67. The fraction of sp³-hybridized carbons (Fsp3) is 0.222. The molecule has 1 aromatic carbocycles. The highest BCUT2D eigenvalue weighted by atomic mass is 16.7. The van der Waals surface area contributed by atoms with Crippen LogP contribution in [0.3, 0.4) is 0 Å². The standard InChI is InChI=1S/C18H16N4O4/c23-16(6-4-12-3-5-14-15(8-12)25-11-24-14)20-10-17-21-18(22-26-17)13-2-1-7-19-9-13/h1-3,5,7-9H,4,6,10-11H2,(H,20,23). The van der Waals surface area contributed by atoms with Crippen LogP contribution in [0.2, 0.25) is 0 Å². The van der Waals surface area contributed by atoms with Gasteiger partial charge in [-0.1, -0.05) is 11.2 Å². The van der Waals surface area contributed by atoms with E-state index in [-0.39, 0.29) is 19.2 Å². The van der Waals surface area contributed by atoms with Crippen molar-refractivity contribution in [1.29, 1.82) is 0 Å². The molecule has 0 atom stereocenters. The van der Waals surface area contributed by atoms with Gasteiger partial charge in [-0.05, 0) is 36.2 Å². The number of aryl methyl sites for hydroxylation is 1. The van der Waals surface area contributed by atoms with Gasteiger partial charge in [-0.3, -0.25) is 9.78 Å². The van der Waals surface area contributed by atoms with Gasteiger partial charge in [0.2, 0.25) is 24.4 Å². The van der Waals surface area contributed by atoms with Crippen molar-refractivity contribution in [1.82, 2.24) is 20.4 Å². The predicted molar refractivity (Wildman–Crippen MR) is 90.3 cm³/mol. The lowest BCUT2D eigenvalue weighted by Crippen LogP contribution is -2.23. The summed E-state index contributed by atoms with van der Waals surface area (Å²) in [5.74, 6) is 2.16. The molecule has 26 heavy (non-hydrogen) atoms. The number of ether oxygens (including phenoxy) is 2. The Morgan fingerprint density at radius 3 is 3.00 bits per heavy atom. The van der Waals surface area contributed by atoms with Crippen LogP contribution in [0.15, 0.2) is 47.2 Å². The number of hydrogen-bond donors (Lipinski definition) is 1. The second-order valence-corrected chi connectivity index (χ2v) is 5.72. The van der Waals surface area contributed by atoms with Gasteiger partial charge in [0.15, 0.2) is 11.5 Å². The molecule has 0 unspecified atom stereocenters. The van der Waals surface area contributed by atoms with Gasteiger partial charge >= 0.3 is 0 Å². The Morgan fingerprint density at radius 2 is 2.12 bits per heavy atom. The molecule has 0 saturated heterocycles. The molecule has 0 spiro atoms. The van der Waals surface area contributed by atoms with Gasteiger partial charge < -0.3 is 19.3 Å². The fourth-order valence-electron chi connectivity index (χ4n) is 2.56. The second kappa shape index (κ2) is 7.22. The maximum absolute atomic E-state index is 12.0. The van der Waals surface area contributed by atoms with Crippen molar-refractivity contribution in [3.63, 3.8) is 0 Å². The Labute approximate surface area is 149 Å². The third-order valence-corrected chi connectivity index (χ3v) is 3.90. The van der Waals surface area contributed by atoms with Crippen LogP contribution in [0.5, 0.6) is 11.5 Å². The molecule has 8 nitrogen and oxygen atoms in total. The maximum Gasteiger partial charge on any atom is 0.246 e. The molecule has 1 aliphatic rings. The number of benzene rings is 1. The average molecular weight is 352 g/mol. The van der Waals surface area contributed by atoms with Crippen molar-refractivity contribution < 1.29 is 18.8 Å². The lowest BCUT2D eigenvalue weighted by Gasteiger charge is -2.04. The number of hydrogen-bond acceptors (Lipinski definition) is 7. The minimum absolute atomic E-state index is 0.0937. The summed E-state index contributed by atoms with van der Waals surface area (Å²) in [6, 6.07) is 9.32. The number of aromatic nitrogens is 3. The van der Waals surface area contributed by atoms with E-state index >= 15 is 0 Å². The second-order valence-electron chi connectivity index (χ2n) is 5.72. The first kappa shape index (κ1) is 16.1. The molecule has 4 rings (SSSR count). The Bertz CT molecular complexity index is 911. The Kier molecular flexibility index (Phi) is 4.46. The van der Waals surface area contributed by atoms with Crippen LogP contribution in [0, 0.1) is 0 Å². The predicted octanol–water partition coefficient (Wildman–Crippen LogP) is 2.11. The van der Waals surface area contributed by atoms with Crippen molar-refractivity contribution in [3.8, 4) is 22.9 Å². The first-order valence-corrected chi connectivity index (χ1v) is 8.16. The average Bonchev–Trinajstić information content (AvgIpc) is 3.34. The van der Waals surface area contributed by atoms with Crippen molar-refractivity contribution in [2.24, 2.45) is 0 Å². The zero-order valence-corrected chi connectivity index (χ0v) is 13.8. The number of rotatable bonds is 6. The van der Waals surface area contributed by atoms with E-state index in [1.807, 2.05) is 24.3 Å². The summed E-state index contributed by atoms with van der Waals surface area (Å²) in [6.07, 6.45) is 4.28. The van der Waals surface area contributed by atoms with Crippen molar-refractivity contribution in [2.45, 2.75) is 19.4 Å². The van der Waals surface area contributed by atoms with Crippen LogP contribution < -0.4 is 14.8 Å². The zero-order valence-electron chi connectivity index (χ0n) is 13.8. The molecule has 0 fully saturated rings. The number of fused-ring (bicyclic) bond motifs is 1. The summed E-state index contributed by atoms with van der Waals surface area (Å²) in [6.45, 7) is 0.428. The molecule has 1 aliphatic heterocycles. The van der Waals surface area contributed by atoms with Gasteiger partial charge in [0, 0.05) is 24.4 Å². The molecule has 3 heterocycles. The minimum atomic E-state index is -0.0937. The van der Waals surface area contributed by atoms with E-state index in [2.05, 4.69) is 20.4 Å². The summed E-state index contributed by atoms with van der Waals surface area (Å²) >= 11 is 0. The first-order valence-electron chi connectivity index (χ1n) is 8.16. The van der Waals surface area contributed by atoms with E-state index in [1.165, 1.54) is 0 Å². The van der Waals surface area contributed by atoms with E-state index < -0.39 is 0 Å². The van der Waals surface area contributed by atoms with Crippen LogP contribution in [0.4, 0.5) is 0 Å². The van der Waals surface area contributed by atoms with Crippen LogP contribution in [0.1, 0.15) is 17.9 Å². The molecule has 132 valence electrons. The van der Waals surface area contributed by atoms with E-state index in [1.54, 1.807) is 18.5 Å². The molecule has 2 aromatic heterocycles. The van der Waals surface area contributed by atoms with Crippen molar-refractivity contribution in [3.05, 3.63) is 54.2 Å². The summed E-state index contributed by atoms with van der Waals surface area (Å²) < 4.78 is 15.8. The molecular formula is C18H16N4O4. The third kappa shape index (κ3) is 3.64. The molecule has 8 heteroatoms. The fourth-order valence-corrected chi connectivity index (χ4v) is 2.56. The molecule has 1 N–H and O–H groups in total. The number of carbonyl (C=O) groups excluding carboxylic acids is 1. The summed E-state index contributed by atoms with van der Waals surface area (Å²) in [4.78, 5) is 20.3. The van der Waals surface area contributed by atoms with Gasteiger partial charge in [-0.25, -0.2) is 0 Å². The minimum Gasteiger partial charge on any atom is -0.454 e. The highest BCUT2D eigenvalue weighted by molar-refractivity contribution is 5.76. The first-order chi connectivity index (χ1) is 12.8. The highest BCUT2D eigenvalue weighted by Crippen LogP contribution is 2.32. The Hall–Kier alpha value is -3.42. The molecule has 0 saturated carbocycles. The van der Waals surface area contributed by atoms with E-state index in [0.717, 1.165) is 22.6 Å². The number of pyridine rings is 1. The monoisotopic (exact) mass is 352 g/mol. The Balaban J connectivity index is 1.27. The SMILES string of the molecule is O=C(CCc1ccc2c(c1)OCO2)NCc1nc(-c2cccnc2)no1. The lowest BCUT2D eigenvalue weighted by molar-refractivity contribution is -0.121. The summed E-state index contributed by atoms with van der Waals surface area (Å²) in [5.41, 5.74) is 1.78. The molecule has 1 amide bonds. The third-order valence-electron chi connectivity index (χ3n) is 3.90. The quantitative estimate of drug-likeness (QED) is 0.725. The van der Waals surface area contributed by atoms with E-state index in [0.29, 0.717) is 24.6 Å². The van der Waals surface area contributed by atoms with Crippen LogP contribution in [-0.2, 0) is 17.8 Å². The van der Waals surface area contributed by atoms with Gasteiger partial charge in [0.25, 0.3) is 0 Å². The largest absolute Gasteiger partial charge is 0.454 e. The number of carbonyl (C=O) groups is 1. The molecule has 0 aliphatic carbocycles. The van der Waals surface area contributed by atoms with E-state index in [4.69, 9.17) is 14.0 Å². The van der Waals surface area contributed by atoms with Crippen LogP contribution in [-0.4, -0.2) is 27.8 Å². The highest BCUT2D eigenvalue weighted by Gasteiger charge is 2.14. The lowest BCUT2D eigenvalue weighted by atomic mass is 10.1. The topological polar surface area (TPSA) is 99.4 Å². The smallest absolute Gasteiger partial charge is 0.246 e. The Morgan fingerprint density at radius 1 is 1.19 bits per heavy atom. The van der Waals surface area contributed by atoms with Crippen LogP contribution in [0.25, 0.3) is 11.4 Å². The number of nitrogens with zero attached hydrogens (tertiary/aromatic N) is 3. The number of amides is 1. The van der Waals surface area contributed by atoms with Crippen molar-refractivity contribution >= 4 is 5.91 Å². The molecular weight excluding hydrogens is 336 g/mol. The van der Waals surface area contributed by atoms with Crippen LogP contribution >= 0.6 is 0 Å². The van der Waals surface area contributed by atoms with Gasteiger partial charge in [0.1, 0.15) is 0 Å². The zero-order chi connectivity index (χ0) is 17.8. The van der Waals surface area contributed by atoms with Crippen molar-refractivity contribution in [2.75, 3.05) is 6.79 Å². The van der Waals surface area contributed by atoms with Gasteiger partial charge in [0.05, 0.1) is 6.54 Å². The summed E-state index contributed by atoms with van der Waals surface area (Å²) in [7, 11) is 0. The molecule has 3 aromatic rings. The molecule has 0 bridgehead atoms. The number of nitrogens with one attached hydrogen (secondary N) is 1. The normalized spacial score (nSPS) is 12.2. The molecule has 0 radical (unpaired) electrons.